The molecule has 1 aliphatic heterocycles. The van der Waals surface area contributed by atoms with Gasteiger partial charge in [-0.2, -0.15) is 0 Å². The van der Waals surface area contributed by atoms with Crippen molar-refractivity contribution >= 4 is 5.91 Å². The second kappa shape index (κ2) is 6.36. The molecule has 0 aromatic rings. The number of rotatable bonds is 4. The number of nitrogens with one attached hydrogen (secondary N) is 2. The largest absolute Gasteiger partial charge is 0.354 e. The zero-order valence-corrected chi connectivity index (χ0v) is 10.9. The average molecular weight is 239 g/mol. The molecule has 1 amide bonds. The highest BCUT2D eigenvalue weighted by Gasteiger charge is 2.28. The highest BCUT2D eigenvalue weighted by molar-refractivity contribution is 5.78. The smallest absolute Gasteiger partial charge is 0.234 e. The fraction of sp³-hybridized carbons (Fsp3) is 0.923. The maximum absolute atomic E-state index is 11.4. The SMILES string of the molecule is CCCNC1CCC(N2CCNC(=O)C2)CC1. The molecule has 0 radical (unpaired) electrons. The molecule has 2 rings (SSSR count). The molecule has 1 saturated heterocycles. The summed E-state index contributed by atoms with van der Waals surface area (Å²) in [7, 11) is 0. The van der Waals surface area contributed by atoms with Crippen LogP contribution < -0.4 is 10.6 Å². The van der Waals surface area contributed by atoms with E-state index in [-0.39, 0.29) is 5.91 Å². The van der Waals surface area contributed by atoms with Crippen LogP contribution >= 0.6 is 0 Å². The fourth-order valence-electron chi connectivity index (χ4n) is 2.96. The summed E-state index contributed by atoms with van der Waals surface area (Å²) in [6.45, 7) is 5.82. The number of piperazine rings is 1. The van der Waals surface area contributed by atoms with Gasteiger partial charge in [0.15, 0.2) is 0 Å². The summed E-state index contributed by atoms with van der Waals surface area (Å²) in [5.41, 5.74) is 0. The molecule has 0 bridgehead atoms. The van der Waals surface area contributed by atoms with E-state index in [1.807, 2.05) is 0 Å². The first-order valence-electron chi connectivity index (χ1n) is 7.03. The van der Waals surface area contributed by atoms with E-state index >= 15 is 0 Å². The first-order chi connectivity index (χ1) is 8.29. The topological polar surface area (TPSA) is 44.4 Å². The first kappa shape index (κ1) is 12.8. The van der Waals surface area contributed by atoms with Crippen molar-refractivity contribution < 1.29 is 4.79 Å². The quantitative estimate of drug-likeness (QED) is 0.760. The Labute approximate surface area is 104 Å². The second-order valence-electron chi connectivity index (χ2n) is 5.28. The Morgan fingerprint density at radius 1 is 1.35 bits per heavy atom. The number of carbonyl (C=O) groups excluding carboxylic acids is 1. The van der Waals surface area contributed by atoms with Gasteiger partial charge in [0.05, 0.1) is 6.54 Å². The maximum atomic E-state index is 11.4. The number of nitrogens with zero attached hydrogens (tertiary/aromatic N) is 1. The first-order valence-corrected chi connectivity index (χ1v) is 7.03. The normalized spacial score (nSPS) is 31.2. The molecule has 1 aliphatic carbocycles. The Morgan fingerprint density at radius 3 is 2.76 bits per heavy atom. The van der Waals surface area contributed by atoms with Crippen LogP contribution in [-0.2, 0) is 4.79 Å². The Bertz CT molecular complexity index is 249. The highest BCUT2D eigenvalue weighted by atomic mass is 16.2. The Morgan fingerprint density at radius 2 is 2.12 bits per heavy atom. The average Bonchev–Trinajstić information content (AvgIpc) is 2.37. The van der Waals surface area contributed by atoms with Crippen molar-refractivity contribution in [2.75, 3.05) is 26.2 Å². The zero-order valence-electron chi connectivity index (χ0n) is 10.9. The molecule has 4 heteroatoms. The standard InChI is InChI=1S/C13H25N3O/c1-2-7-14-11-3-5-12(6-4-11)16-9-8-15-13(17)10-16/h11-12,14H,2-10H2,1H3,(H,15,17). The van der Waals surface area contributed by atoms with Gasteiger partial charge in [0, 0.05) is 25.2 Å². The van der Waals surface area contributed by atoms with Gasteiger partial charge in [0.2, 0.25) is 5.91 Å². The van der Waals surface area contributed by atoms with Crippen molar-refractivity contribution in [2.45, 2.75) is 51.1 Å². The molecule has 98 valence electrons. The number of hydrogen-bond donors (Lipinski definition) is 2. The van der Waals surface area contributed by atoms with Crippen LogP contribution in [0.25, 0.3) is 0 Å². The molecule has 2 N–H and O–H groups in total. The van der Waals surface area contributed by atoms with Crippen LogP contribution in [-0.4, -0.2) is 49.1 Å². The Hall–Kier alpha value is -0.610. The van der Waals surface area contributed by atoms with Gasteiger partial charge < -0.3 is 10.6 Å². The molecule has 0 aromatic heterocycles. The van der Waals surface area contributed by atoms with Crippen LogP contribution in [0.4, 0.5) is 0 Å². The summed E-state index contributed by atoms with van der Waals surface area (Å²) < 4.78 is 0. The van der Waals surface area contributed by atoms with E-state index in [9.17, 15) is 4.79 Å². The molecular formula is C13H25N3O. The predicted octanol–water partition coefficient (Wildman–Crippen LogP) is 0.729. The van der Waals surface area contributed by atoms with E-state index in [1.165, 1.54) is 32.1 Å². The molecule has 0 spiro atoms. The van der Waals surface area contributed by atoms with Crippen molar-refractivity contribution in [1.82, 2.24) is 15.5 Å². The van der Waals surface area contributed by atoms with Crippen LogP contribution in [0.1, 0.15) is 39.0 Å². The zero-order chi connectivity index (χ0) is 12.1. The van der Waals surface area contributed by atoms with E-state index in [4.69, 9.17) is 0 Å². The van der Waals surface area contributed by atoms with Crippen molar-refractivity contribution in [3.63, 3.8) is 0 Å². The van der Waals surface area contributed by atoms with Gasteiger partial charge in [0.25, 0.3) is 0 Å². The molecular weight excluding hydrogens is 214 g/mol. The van der Waals surface area contributed by atoms with E-state index in [2.05, 4.69) is 22.5 Å². The molecule has 0 atom stereocenters. The third-order valence-corrected chi connectivity index (χ3v) is 3.96. The number of amides is 1. The summed E-state index contributed by atoms with van der Waals surface area (Å²) in [5.74, 6) is 0.197. The van der Waals surface area contributed by atoms with Crippen LogP contribution in [0.3, 0.4) is 0 Å². The molecule has 0 unspecified atom stereocenters. The monoisotopic (exact) mass is 239 g/mol. The minimum Gasteiger partial charge on any atom is -0.354 e. The van der Waals surface area contributed by atoms with Crippen molar-refractivity contribution in [1.29, 1.82) is 0 Å². The van der Waals surface area contributed by atoms with Crippen LogP contribution in [0.5, 0.6) is 0 Å². The van der Waals surface area contributed by atoms with E-state index in [0.29, 0.717) is 18.6 Å². The summed E-state index contributed by atoms with van der Waals surface area (Å²) >= 11 is 0. The molecule has 1 saturated carbocycles. The third kappa shape index (κ3) is 3.68. The molecule has 2 fully saturated rings. The number of carbonyl (C=O) groups is 1. The lowest BCUT2D eigenvalue weighted by Gasteiger charge is -2.38. The third-order valence-electron chi connectivity index (χ3n) is 3.96. The van der Waals surface area contributed by atoms with Crippen molar-refractivity contribution in [3.05, 3.63) is 0 Å². The molecule has 1 heterocycles. The summed E-state index contributed by atoms with van der Waals surface area (Å²) in [6, 6.07) is 1.35. The van der Waals surface area contributed by atoms with Gasteiger partial charge in [-0.15, -0.1) is 0 Å². The van der Waals surface area contributed by atoms with Gasteiger partial charge >= 0.3 is 0 Å². The van der Waals surface area contributed by atoms with E-state index < -0.39 is 0 Å². The lowest BCUT2D eigenvalue weighted by molar-refractivity contribution is -0.125. The van der Waals surface area contributed by atoms with E-state index in [0.717, 1.165) is 19.6 Å². The number of hydrogen-bond acceptors (Lipinski definition) is 3. The van der Waals surface area contributed by atoms with Crippen LogP contribution in [0.15, 0.2) is 0 Å². The van der Waals surface area contributed by atoms with E-state index in [1.54, 1.807) is 0 Å². The molecule has 2 aliphatic rings. The van der Waals surface area contributed by atoms with Gasteiger partial charge in [-0.3, -0.25) is 9.69 Å². The van der Waals surface area contributed by atoms with Gasteiger partial charge in [0.1, 0.15) is 0 Å². The predicted molar refractivity (Wildman–Crippen MR) is 68.9 cm³/mol. The molecule has 0 aromatic carbocycles. The van der Waals surface area contributed by atoms with Gasteiger partial charge in [-0.1, -0.05) is 6.92 Å². The fourth-order valence-corrected chi connectivity index (χ4v) is 2.96. The van der Waals surface area contributed by atoms with Gasteiger partial charge in [-0.05, 0) is 38.6 Å². The Kier molecular flexibility index (Phi) is 4.80. The molecule has 4 nitrogen and oxygen atoms in total. The Balaban J connectivity index is 1.72. The molecule has 17 heavy (non-hydrogen) atoms. The maximum Gasteiger partial charge on any atom is 0.234 e. The second-order valence-corrected chi connectivity index (χ2v) is 5.28. The minimum atomic E-state index is 0.197. The lowest BCUT2D eigenvalue weighted by Crippen LogP contribution is -2.53. The summed E-state index contributed by atoms with van der Waals surface area (Å²) in [6.07, 6.45) is 6.24. The summed E-state index contributed by atoms with van der Waals surface area (Å²) in [5, 5.41) is 6.50. The lowest BCUT2D eigenvalue weighted by atomic mass is 9.90. The van der Waals surface area contributed by atoms with Crippen LogP contribution in [0.2, 0.25) is 0 Å². The van der Waals surface area contributed by atoms with Crippen molar-refractivity contribution in [2.24, 2.45) is 0 Å². The highest BCUT2D eigenvalue weighted by Crippen LogP contribution is 2.23. The summed E-state index contributed by atoms with van der Waals surface area (Å²) in [4.78, 5) is 13.7. The minimum absolute atomic E-state index is 0.197. The van der Waals surface area contributed by atoms with Crippen molar-refractivity contribution in [3.8, 4) is 0 Å². The van der Waals surface area contributed by atoms with Crippen LogP contribution in [0, 0.1) is 0 Å². The van der Waals surface area contributed by atoms with Gasteiger partial charge in [-0.25, -0.2) is 0 Å².